The van der Waals surface area contributed by atoms with E-state index in [4.69, 9.17) is 9.52 Å². The Hall–Kier alpha value is -8.16. The van der Waals surface area contributed by atoms with Crippen molar-refractivity contribution in [1.29, 1.82) is 0 Å². The zero-order valence-electron chi connectivity index (χ0n) is 32.4. The number of hydrogen-bond donors (Lipinski definition) is 0. The molecule has 0 spiro atoms. The van der Waals surface area contributed by atoms with Crippen molar-refractivity contribution < 1.29 is 4.42 Å². The van der Waals surface area contributed by atoms with Gasteiger partial charge >= 0.3 is 5.63 Å². The first kappa shape index (κ1) is 32.9. The van der Waals surface area contributed by atoms with Crippen LogP contribution in [0.5, 0.6) is 0 Å². The monoisotopic (exact) mass is 771 g/mol. The topological polar surface area (TPSA) is 62.8 Å². The second-order valence-corrected chi connectivity index (χ2v) is 15.6. The summed E-state index contributed by atoms with van der Waals surface area (Å²) in [6.07, 6.45) is 0. The Labute approximate surface area is 341 Å². The highest BCUT2D eigenvalue weighted by Crippen LogP contribution is 2.40. The predicted molar refractivity (Wildman–Crippen MR) is 245 cm³/mol. The molecular weight excluding hydrogens is 739 g/mol. The fourth-order valence-electron chi connectivity index (χ4n) is 9.82. The summed E-state index contributed by atoms with van der Waals surface area (Å²) in [6.45, 7) is 1.87. The first-order chi connectivity index (χ1) is 29.6. The summed E-state index contributed by atoms with van der Waals surface area (Å²) >= 11 is 0. The lowest BCUT2D eigenvalue weighted by molar-refractivity contribution is 0.569. The van der Waals surface area contributed by atoms with Crippen LogP contribution in [0.1, 0.15) is 5.69 Å². The lowest BCUT2D eigenvalue weighted by Gasteiger charge is -2.12. The fraction of sp³-hybridized carbons (Fsp3) is 0.0189. The van der Waals surface area contributed by atoms with Gasteiger partial charge in [0.2, 0.25) is 0 Å². The number of nitrogens with zero attached hydrogens (tertiary/aromatic N) is 5. The predicted octanol–water partition coefficient (Wildman–Crippen LogP) is 12.7. The Bertz CT molecular complexity index is 3710. The first-order valence-corrected chi connectivity index (χ1v) is 20.2. The van der Waals surface area contributed by atoms with E-state index < -0.39 is 5.63 Å². The van der Waals surface area contributed by atoms with Crippen molar-refractivity contribution in [2.45, 2.75) is 6.92 Å². The summed E-state index contributed by atoms with van der Waals surface area (Å²) in [6, 6.07) is 64.3. The summed E-state index contributed by atoms with van der Waals surface area (Å²) < 4.78 is 15.0. The molecule has 60 heavy (non-hydrogen) atoms. The Morgan fingerprint density at radius 3 is 1.28 bits per heavy atom. The Balaban J connectivity index is 1.12. The van der Waals surface area contributed by atoms with Gasteiger partial charge in [-0.2, -0.15) is 5.10 Å². The molecule has 0 saturated heterocycles. The fourth-order valence-corrected chi connectivity index (χ4v) is 9.82. The average molecular weight is 772 g/mol. The molecule has 5 aromatic heterocycles. The van der Waals surface area contributed by atoms with Crippen LogP contribution in [0.25, 0.3) is 110 Å². The minimum absolute atomic E-state index is 0.392. The molecule has 0 N–H and O–H groups in total. The largest absolute Gasteiger partial charge is 0.422 e. The first-order valence-electron chi connectivity index (χ1n) is 20.2. The van der Waals surface area contributed by atoms with E-state index in [0.29, 0.717) is 16.7 Å². The van der Waals surface area contributed by atoms with Gasteiger partial charge in [0.1, 0.15) is 11.0 Å². The molecule has 13 aromatic rings. The van der Waals surface area contributed by atoms with Gasteiger partial charge in [-0.15, -0.1) is 0 Å². The van der Waals surface area contributed by atoms with E-state index in [1.165, 1.54) is 21.5 Å². The van der Waals surface area contributed by atoms with Crippen molar-refractivity contribution in [3.8, 4) is 22.7 Å². The van der Waals surface area contributed by atoms with Gasteiger partial charge in [0.15, 0.2) is 0 Å². The SMILES string of the molecule is Cc1nn(-c2ccccc2)c2c1c(=O)oc1ccc(-n3c4ccc(-n5c6ccccc6c6ccccc65)cc4c4cc(-n5c6ccccc6c6ccccc65)ccc43)cc12. The third-order valence-electron chi connectivity index (χ3n) is 12.4. The molecule has 8 aromatic carbocycles. The maximum Gasteiger partial charge on any atom is 0.347 e. The zero-order chi connectivity index (χ0) is 39.6. The van der Waals surface area contributed by atoms with E-state index in [1.54, 1.807) is 0 Å². The molecule has 7 heteroatoms. The Kier molecular flexibility index (Phi) is 6.67. The third kappa shape index (κ3) is 4.48. The molecule has 0 amide bonds. The van der Waals surface area contributed by atoms with Crippen LogP contribution < -0.4 is 5.63 Å². The number of hydrogen-bond acceptors (Lipinski definition) is 3. The highest BCUT2D eigenvalue weighted by Gasteiger charge is 2.22. The highest BCUT2D eigenvalue weighted by atomic mass is 16.4. The lowest BCUT2D eigenvalue weighted by Crippen LogP contribution is -2.03. The van der Waals surface area contributed by atoms with Crippen LogP contribution >= 0.6 is 0 Å². The summed E-state index contributed by atoms with van der Waals surface area (Å²) in [4.78, 5) is 13.5. The molecule has 13 rings (SSSR count). The van der Waals surface area contributed by atoms with Gasteiger partial charge in [-0.1, -0.05) is 91.0 Å². The second kappa shape index (κ2) is 12.2. The van der Waals surface area contributed by atoms with Crippen molar-refractivity contribution in [2.24, 2.45) is 0 Å². The standard InChI is InChI=1S/C53H33N5O2/c1-32-51-52(58(54-32)33-13-3-2-4-14-33)43-31-36(25-28-50(43)60-53(51)59)57-48-26-23-34(55-44-19-9-5-15-37(44)38-16-6-10-20-45(38)55)29-41(48)42-30-35(24-27-49(42)57)56-46-21-11-7-17-39(46)40-18-8-12-22-47(40)56/h2-31H,1H3. The van der Waals surface area contributed by atoms with Gasteiger partial charge in [-0.25, -0.2) is 9.48 Å². The van der Waals surface area contributed by atoms with Gasteiger partial charge in [-0.3, -0.25) is 0 Å². The Morgan fingerprint density at radius 2 is 0.800 bits per heavy atom. The molecule has 0 atom stereocenters. The van der Waals surface area contributed by atoms with Gasteiger partial charge in [0, 0.05) is 54.8 Å². The minimum Gasteiger partial charge on any atom is -0.422 e. The van der Waals surface area contributed by atoms with Crippen LogP contribution in [0, 0.1) is 6.92 Å². The summed E-state index contributed by atoms with van der Waals surface area (Å²) in [7, 11) is 0. The van der Waals surface area contributed by atoms with Crippen LogP contribution in [0.2, 0.25) is 0 Å². The molecule has 0 bridgehead atoms. The van der Waals surface area contributed by atoms with Gasteiger partial charge in [0.25, 0.3) is 0 Å². The van der Waals surface area contributed by atoms with E-state index in [-0.39, 0.29) is 0 Å². The molecule has 0 radical (unpaired) electrons. The van der Waals surface area contributed by atoms with Gasteiger partial charge in [0.05, 0.1) is 50.0 Å². The van der Waals surface area contributed by atoms with Crippen molar-refractivity contribution in [3.05, 3.63) is 198 Å². The molecule has 0 fully saturated rings. The van der Waals surface area contributed by atoms with Crippen LogP contribution in [0.15, 0.2) is 191 Å². The lowest BCUT2D eigenvalue weighted by atomic mass is 10.1. The number of aryl methyl sites for hydroxylation is 1. The number of para-hydroxylation sites is 5. The van der Waals surface area contributed by atoms with E-state index in [9.17, 15) is 4.79 Å². The average Bonchev–Trinajstić information content (AvgIpc) is 4.03. The molecule has 7 nitrogen and oxygen atoms in total. The van der Waals surface area contributed by atoms with Gasteiger partial charge in [-0.05, 0) is 97.9 Å². The number of benzene rings is 8. The molecule has 282 valence electrons. The second-order valence-electron chi connectivity index (χ2n) is 15.6. The maximum absolute atomic E-state index is 13.5. The Morgan fingerprint density at radius 1 is 0.400 bits per heavy atom. The molecule has 5 heterocycles. The quantitative estimate of drug-likeness (QED) is 0.167. The molecule has 0 aliphatic carbocycles. The number of rotatable bonds is 4. The van der Waals surface area contributed by atoms with Crippen molar-refractivity contribution in [2.75, 3.05) is 0 Å². The number of fused-ring (bicyclic) bond motifs is 12. The van der Waals surface area contributed by atoms with E-state index in [1.807, 2.05) is 54.1 Å². The molecule has 0 saturated carbocycles. The van der Waals surface area contributed by atoms with Gasteiger partial charge < -0.3 is 18.1 Å². The number of aromatic nitrogens is 5. The third-order valence-corrected chi connectivity index (χ3v) is 12.4. The van der Waals surface area contributed by atoms with Crippen LogP contribution in [0.3, 0.4) is 0 Å². The van der Waals surface area contributed by atoms with Crippen LogP contribution in [0.4, 0.5) is 0 Å². The summed E-state index contributed by atoms with van der Waals surface area (Å²) in [5.74, 6) is 0. The van der Waals surface area contributed by atoms with E-state index >= 15 is 0 Å². The highest BCUT2D eigenvalue weighted by molar-refractivity contribution is 6.14. The zero-order valence-corrected chi connectivity index (χ0v) is 32.4. The molecule has 0 aliphatic heterocycles. The van der Waals surface area contributed by atoms with Crippen LogP contribution in [-0.2, 0) is 0 Å². The molecular formula is C53H33N5O2. The molecule has 0 unspecified atom stereocenters. The maximum atomic E-state index is 13.5. The van der Waals surface area contributed by atoms with E-state index in [0.717, 1.165) is 77.5 Å². The molecule has 0 aliphatic rings. The van der Waals surface area contributed by atoms with E-state index in [2.05, 4.69) is 153 Å². The smallest absolute Gasteiger partial charge is 0.347 e. The normalized spacial score (nSPS) is 12.2. The summed E-state index contributed by atoms with van der Waals surface area (Å²) in [5.41, 5.74) is 12.3. The van der Waals surface area contributed by atoms with Crippen molar-refractivity contribution >= 4 is 87.3 Å². The summed E-state index contributed by atoms with van der Waals surface area (Å²) in [5, 5.41) is 13.3. The minimum atomic E-state index is -0.392. The van der Waals surface area contributed by atoms with Crippen LogP contribution in [-0.4, -0.2) is 23.5 Å². The van der Waals surface area contributed by atoms with Crippen molar-refractivity contribution in [1.82, 2.24) is 23.5 Å². The van der Waals surface area contributed by atoms with Crippen molar-refractivity contribution in [3.63, 3.8) is 0 Å².